The highest BCUT2D eigenvalue weighted by atomic mass is 35.5. The smallest absolute Gasteiger partial charge is 0.109 e. The average molecular weight is 270 g/mol. The Morgan fingerprint density at radius 1 is 1.22 bits per heavy atom. The summed E-state index contributed by atoms with van der Waals surface area (Å²) < 4.78 is 0.558. The Kier molecular flexibility index (Phi) is 6.58. The van der Waals surface area contributed by atoms with Gasteiger partial charge >= 0.3 is 0 Å². The second-order valence-corrected chi connectivity index (χ2v) is 5.10. The molecule has 1 aromatic rings. The van der Waals surface area contributed by atoms with Crippen molar-refractivity contribution in [3.63, 3.8) is 0 Å². The topological polar surface area (TPSA) is 47.8 Å². The van der Waals surface area contributed by atoms with Crippen molar-refractivity contribution in [3.8, 4) is 0 Å². The summed E-state index contributed by atoms with van der Waals surface area (Å²) in [4.78, 5) is 0. The monoisotopic (exact) mass is 269 g/mol. The van der Waals surface area contributed by atoms with Gasteiger partial charge in [0.25, 0.3) is 0 Å². The Morgan fingerprint density at radius 3 is 2.28 bits per heavy atom. The summed E-state index contributed by atoms with van der Waals surface area (Å²) in [6, 6.07) is 7.88. The molecule has 18 heavy (non-hydrogen) atoms. The van der Waals surface area contributed by atoms with Crippen LogP contribution in [0.4, 0.5) is 0 Å². The summed E-state index contributed by atoms with van der Waals surface area (Å²) in [7, 11) is 5.82. The molecule has 0 radical (unpaired) electrons. The third-order valence-electron chi connectivity index (χ3n) is 2.06. The Bertz CT molecular complexity index is 419. The molecule has 0 aliphatic heterocycles. The summed E-state index contributed by atoms with van der Waals surface area (Å²) in [6.07, 6.45) is 1.59. The molecule has 4 nitrogen and oxygen atoms in total. The number of likely N-dealkylation sites (N-methyl/N-ethyl adjacent to an activating group) is 1. The van der Waals surface area contributed by atoms with E-state index in [9.17, 15) is 5.11 Å². The molecule has 0 atom stereocenters. The molecular weight excluding hydrogens is 250 g/mol. The molecule has 0 aliphatic carbocycles. The van der Waals surface area contributed by atoms with E-state index in [4.69, 9.17) is 0 Å². The number of quaternary nitrogens is 1. The van der Waals surface area contributed by atoms with Gasteiger partial charge in [-0.05, 0) is 12.5 Å². The second kappa shape index (κ2) is 7.13. The average Bonchev–Trinajstić information content (AvgIpc) is 2.18. The minimum Gasteiger partial charge on any atom is -0.857 e. The van der Waals surface area contributed by atoms with E-state index in [1.165, 1.54) is 5.56 Å². The van der Waals surface area contributed by atoms with Crippen molar-refractivity contribution in [1.82, 2.24) is 0 Å². The summed E-state index contributed by atoms with van der Waals surface area (Å²) in [6.45, 7) is 2.38. The van der Waals surface area contributed by atoms with Gasteiger partial charge in [-0.1, -0.05) is 29.8 Å². The van der Waals surface area contributed by atoms with Crippen molar-refractivity contribution in [3.05, 3.63) is 35.4 Å². The molecule has 0 N–H and O–H groups in total. The molecule has 0 unspecified atom stereocenters. The largest absolute Gasteiger partial charge is 0.857 e. The molecule has 0 fully saturated rings. The van der Waals surface area contributed by atoms with Gasteiger partial charge < -0.3 is 9.59 Å². The van der Waals surface area contributed by atoms with Crippen molar-refractivity contribution >= 4 is 24.5 Å². The van der Waals surface area contributed by atoms with Crippen LogP contribution in [0.25, 0.3) is 0 Å². The molecule has 1 rings (SSSR count). The minimum atomic E-state index is -0.208. The van der Waals surface area contributed by atoms with E-state index in [1.807, 2.05) is 52.3 Å². The normalized spacial score (nSPS) is 12.6. The predicted molar refractivity (Wildman–Crippen MR) is 76.4 cm³/mol. The zero-order chi connectivity index (χ0) is 12.9. The van der Waals surface area contributed by atoms with Crippen LogP contribution < -0.4 is 5.11 Å². The van der Waals surface area contributed by atoms with Crippen molar-refractivity contribution < 1.29 is 9.59 Å². The van der Waals surface area contributed by atoms with Gasteiger partial charge in [-0.15, -0.1) is 12.4 Å². The van der Waals surface area contributed by atoms with Crippen LogP contribution >= 0.6 is 12.4 Å². The van der Waals surface area contributed by atoms with Gasteiger partial charge in [0.2, 0.25) is 0 Å². The highest BCUT2D eigenvalue weighted by Crippen LogP contribution is 2.00. The van der Waals surface area contributed by atoms with Gasteiger partial charge in [0, 0.05) is 5.90 Å². The van der Waals surface area contributed by atoms with Crippen LogP contribution in [0.5, 0.6) is 0 Å². The van der Waals surface area contributed by atoms with Gasteiger partial charge in [-0.3, -0.25) is 0 Å². The van der Waals surface area contributed by atoms with E-state index in [2.05, 4.69) is 10.2 Å². The first kappa shape index (κ1) is 16.6. The minimum absolute atomic E-state index is 0. The highest BCUT2D eigenvalue weighted by molar-refractivity contribution is 5.85. The molecule has 0 aliphatic rings. The van der Waals surface area contributed by atoms with Gasteiger partial charge in [-0.2, -0.15) is 10.2 Å². The molecule has 1 aromatic carbocycles. The van der Waals surface area contributed by atoms with Gasteiger partial charge in [0.1, 0.15) is 6.54 Å². The maximum atomic E-state index is 11.4. The van der Waals surface area contributed by atoms with E-state index in [0.717, 1.165) is 5.56 Å². The third-order valence-corrected chi connectivity index (χ3v) is 2.06. The number of halogens is 1. The van der Waals surface area contributed by atoms with E-state index in [1.54, 1.807) is 6.21 Å². The SMILES string of the molecule is Cc1ccc(/C=N/N=C(\[O-])C[N+](C)(C)C)cc1.Cl. The maximum absolute atomic E-state index is 11.4. The lowest BCUT2D eigenvalue weighted by molar-refractivity contribution is -0.863. The van der Waals surface area contributed by atoms with E-state index >= 15 is 0 Å². The number of aryl methyl sites for hydroxylation is 1. The Labute approximate surface area is 115 Å². The zero-order valence-electron chi connectivity index (χ0n) is 11.3. The zero-order valence-corrected chi connectivity index (χ0v) is 12.1. The molecule has 100 valence electrons. The second-order valence-electron chi connectivity index (χ2n) is 5.10. The molecule has 0 aromatic heterocycles. The lowest BCUT2D eigenvalue weighted by atomic mass is 10.2. The number of hydrogen-bond acceptors (Lipinski definition) is 3. The van der Waals surface area contributed by atoms with E-state index in [-0.39, 0.29) is 18.3 Å². The first-order valence-corrected chi connectivity index (χ1v) is 5.51. The van der Waals surface area contributed by atoms with Crippen molar-refractivity contribution in [1.29, 1.82) is 0 Å². The maximum Gasteiger partial charge on any atom is 0.109 e. The van der Waals surface area contributed by atoms with Crippen LogP contribution in [0.1, 0.15) is 11.1 Å². The summed E-state index contributed by atoms with van der Waals surface area (Å²) in [5, 5.41) is 18.8. The van der Waals surface area contributed by atoms with Gasteiger partial charge in [0.15, 0.2) is 0 Å². The summed E-state index contributed by atoms with van der Waals surface area (Å²) in [5.41, 5.74) is 2.14. The lowest BCUT2D eigenvalue weighted by Gasteiger charge is -2.25. The number of nitrogens with zero attached hydrogens (tertiary/aromatic N) is 3. The standard InChI is InChI=1S/C13H19N3O.ClH/c1-11-5-7-12(8-6-11)9-14-15-13(17)10-16(2,3)4;/h5-9H,10H2,1-4H3;1H/b14-9+;. The quantitative estimate of drug-likeness (QED) is 0.351. The fourth-order valence-electron chi connectivity index (χ4n) is 1.25. The van der Waals surface area contributed by atoms with Crippen LogP contribution in [0.15, 0.2) is 34.5 Å². The number of hydrogen-bond donors (Lipinski definition) is 0. The third kappa shape index (κ3) is 7.04. The van der Waals surface area contributed by atoms with Gasteiger partial charge in [-0.25, -0.2) is 0 Å². The fraction of sp³-hybridized carbons (Fsp3) is 0.385. The summed E-state index contributed by atoms with van der Waals surface area (Å²) in [5.74, 6) is -0.208. The van der Waals surface area contributed by atoms with Crippen molar-refractivity contribution in [2.75, 3.05) is 27.7 Å². The van der Waals surface area contributed by atoms with Crippen molar-refractivity contribution in [2.24, 2.45) is 10.2 Å². The van der Waals surface area contributed by atoms with E-state index < -0.39 is 0 Å². The van der Waals surface area contributed by atoms with E-state index in [0.29, 0.717) is 11.0 Å². The molecular formula is C13H20ClN3O. The molecule has 0 bridgehead atoms. The van der Waals surface area contributed by atoms with Crippen LogP contribution in [0, 0.1) is 6.92 Å². The Hall–Kier alpha value is -1.39. The van der Waals surface area contributed by atoms with Crippen molar-refractivity contribution in [2.45, 2.75) is 6.92 Å². The lowest BCUT2D eigenvalue weighted by Crippen LogP contribution is -2.43. The molecule has 0 amide bonds. The Morgan fingerprint density at radius 2 is 1.78 bits per heavy atom. The predicted octanol–water partition coefficient (Wildman–Crippen LogP) is 1.22. The van der Waals surface area contributed by atoms with Crippen LogP contribution in [-0.2, 0) is 0 Å². The molecule has 0 spiro atoms. The number of rotatable bonds is 4. The van der Waals surface area contributed by atoms with Gasteiger partial charge in [0.05, 0.1) is 27.4 Å². The first-order valence-electron chi connectivity index (χ1n) is 5.51. The molecule has 0 saturated carbocycles. The molecule has 0 saturated heterocycles. The van der Waals surface area contributed by atoms with Crippen LogP contribution in [-0.4, -0.2) is 44.3 Å². The number of benzene rings is 1. The Balaban J connectivity index is 0.00000289. The summed E-state index contributed by atoms with van der Waals surface area (Å²) >= 11 is 0. The highest BCUT2D eigenvalue weighted by Gasteiger charge is 2.04. The molecule has 0 heterocycles. The fourth-order valence-corrected chi connectivity index (χ4v) is 1.25. The van der Waals surface area contributed by atoms with Crippen LogP contribution in [0.3, 0.4) is 0 Å². The molecule has 5 heteroatoms. The van der Waals surface area contributed by atoms with Crippen LogP contribution in [0.2, 0.25) is 0 Å². The first-order chi connectivity index (χ1) is 7.87.